The van der Waals surface area contributed by atoms with Crippen LogP contribution in [0.1, 0.15) is 19.3 Å². The van der Waals surface area contributed by atoms with Crippen LogP contribution in [-0.4, -0.2) is 51.6 Å². The highest BCUT2D eigenvalue weighted by atomic mass is 32.2. The lowest BCUT2D eigenvalue weighted by atomic mass is 10.0. The summed E-state index contributed by atoms with van der Waals surface area (Å²) in [6, 6.07) is 0. The molecule has 5 nitrogen and oxygen atoms in total. The molecule has 1 rings (SSSR count). The number of hydrogen-bond acceptors (Lipinski definition) is 4. The summed E-state index contributed by atoms with van der Waals surface area (Å²) in [7, 11) is -1.59. The lowest BCUT2D eigenvalue weighted by molar-refractivity contribution is -0.112. The van der Waals surface area contributed by atoms with E-state index < -0.39 is 10.0 Å². The molecule has 1 aliphatic heterocycles. The highest BCUT2D eigenvalue weighted by molar-refractivity contribution is 7.89. The first-order chi connectivity index (χ1) is 7.60. The third-order valence-corrected chi connectivity index (χ3v) is 4.79. The average molecular weight is 249 g/mol. The van der Waals surface area contributed by atoms with E-state index in [2.05, 4.69) is 0 Å². The molecule has 16 heavy (non-hydrogen) atoms. The SMILES string of the molecule is COCCCS(=O)(=O)N1CCC(C=O)CC1. The van der Waals surface area contributed by atoms with Crippen molar-refractivity contribution in [3.8, 4) is 0 Å². The second-order valence-corrected chi connectivity index (χ2v) is 6.12. The molecule has 1 heterocycles. The van der Waals surface area contributed by atoms with Crippen molar-refractivity contribution in [2.24, 2.45) is 5.92 Å². The molecule has 0 aromatic rings. The van der Waals surface area contributed by atoms with Crippen LogP contribution in [0.4, 0.5) is 0 Å². The zero-order valence-electron chi connectivity index (χ0n) is 9.59. The molecule has 0 saturated carbocycles. The van der Waals surface area contributed by atoms with Crippen LogP contribution < -0.4 is 0 Å². The van der Waals surface area contributed by atoms with Crippen molar-refractivity contribution in [1.82, 2.24) is 4.31 Å². The van der Waals surface area contributed by atoms with E-state index in [1.807, 2.05) is 0 Å². The highest BCUT2D eigenvalue weighted by Gasteiger charge is 2.27. The van der Waals surface area contributed by atoms with Crippen LogP contribution in [0.15, 0.2) is 0 Å². The minimum atomic E-state index is -3.15. The zero-order chi connectivity index (χ0) is 12.0. The van der Waals surface area contributed by atoms with Crippen LogP contribution in [0.2, 0.25) is 0 Å². The molecule has 94 valence electrons. The smallest absolute Gasteiger partial charge is 0.214 e. The third kappa shape index (κ3) is 3.84. The quantitative estimate of drug-likeness (QED) is 0.500. The van der Waals surface area contributed by atoms with Gasteiger partial charge in [0.25, 0.3) is 0 Å². The summed E-state index contributed by atoms with van der Waals surface area (Å²) in [6.45, 7) is 1.40. The normalized spacial score (nSPS) is 19.8. The Morgan fingerprint density at radius 3 is 2.50 bits per heavy atom. The maximum Gasteiger partial charge on any atom is 0.214 e. The lowest BCUT2D eigenvalue weighted by Gasteiger charge is -2.28. The predicted octanol–water partition coefficient (Wildman–Crippen LogP) is 0.264. The summed E-state index contributed by atoms with van der Waals surface area (Å²) >= 11 is 0. The molecule has 0 bridgehead atoms. The van der Waals surface area contributed by atoms with Gasteiger partial charge in [0.2, 0.25) is 10.0 Å². The van der Waals surface area contributed by atoms with E-state index in [0.717, 1.165) is 6.29 Å². The van der Waals surface area contributed by atoms with E-state index in [1.165, 1.54) is 4.31 Å². The molecule has 1 fully saturated rings. The highest BCUT2D eigenvalue weighted by Crippen LogP contribution is 2.18. The standard InChI is InChI=1S/C10H19NO4S/c1-15-7-2-8-16(13,14)11-5-3-10(9-12)4-6-11/h9-10H,2-8H2,1H3. The van der Waals surface area contributed by atoms with Gasteiger partial charge in [0.1, 0.15) is 6.29 Å². The van der Waals surface area contributed by atoms with Gasteiger partial charge in [-0.05, 0) is 19.3 Å². The molecule has 0 spiro atoms. The predicted molar refractivity (Wildman–Crippen MR) is 60.6 cm³/mol. The van der Waals surface area contributed by atoms with Crippen LogP contribution in [0.25, 0.3) is 0 Å². The Bertz CT molecular complexity index is 307. The van der Waals surface area contributed by atoms with Crippen molar-refractivity contribution in [3.05, 3.63) is 0 Å². The fourth-order valence-electron chi connectivity index (χ4n) is 1.80. The van der Waals surface area contributed by atoms with Crippen LogP contribution in [0.3, 0.4) is 0 Å². The second-order valence-electron chi connectivity index (χ2n) is 4.03. The maximum absolute atomic E-state index is 11.8. The Kier molecular flexibility index (Phi) is 5.37. The van der Waals surface area contributed by atoms with E-state index in [4.69, 9.17) is 4.74 Å². The summed E-state index contributed by atoms with van der Waals surface area (Å²) in [5.74, 6) is 0.164. The number of aldehydes is 1. The van der Waals surface area contributed by atoms with Crippen molar-refractivity contribution >= 4 is 16.3 Å². The van der Waals surface area contributed by atoms with Crippen LogP contribution in [-0.2, 0) is 19.6 Å². The van der Waals surface area contributed by atoms with Crippen molar-refractivity contribution in [3.63, 3.8) is 0 Å². The first kappa shape index (κ1) is 13.6. The van der Waals surface area contributed by atoms with Gasteiger partial charge in [-0.25, -0.2) is 12.7 Å². The van der Waals surface area contributed by atoms with Gasteiger partial charge in [-0.3, -0.25) is 0 Å². The van der Waals surface area contributed by atoms with Crippen LogP contribution >= 0.6 is 0 Å². The maximum atomic E-state index is 11.8. The minimum Gasteiger partial charge on any atom is -0.385 e. The molecule has 6 heteroatoms. The second kappa shape index (κ2) is 6.32. The molecule has 0 radical (unpaired) electrons. The monoisotopic (exact) mass is 249 g/mol. The van der Waals surface area contributed by atoms with Crippen molar-refractivity contribution in [2.45, 2.75) is 19.3 Å². The number of nitrogens with zero attached hydrogens (tertiary/aromatic N) is 1. The molecule has 0 atom stereocenters. The lowest BCUT2D eigenvalue weighted by Crippen LogP contribution is -2.40. The largest absolute Gasteiger partial charge is 0.385 e. The van der Waals surface area contributed by atoms with E-state index in [1.54, 1.807) is 7.11 Å². The van der Waals surface area contributed by atoms with Gasteiger partial charge < -0.3 is 9.53 Å². The molecule has 0 N–H and O–H groups in total. The summed E-state index contributed by atoms with van der Waals surface area (Å²) in [5.41, 5.74) is 0. The molecule has 1 saturated heterocycles. The van der Waals surface area contributed by atoms with E-state index in [9.17, 15) is 13.2 Å². The summed E-state index contributed by atoms with van der Waals surface area (Å²) in [4.78, 5) is 10.5. The van der Waals surface area contributed by atoms with Gasteiger partial charge in [0, 0.05) is 32.7 Å². The van der Waals surface area contributed by atoms with Gasteiger partial charge in [0.05, 0.1) is 5.75 Å². The molecule has 0 aliphatic carbocycles. The minimum absolute atomic E-state index is 0.0328. The van der Waals surface area contributed by atoms with Gasteiger partial charge in [0.15, 0.2) is 0 Å². The molecular weight excluding hydrogens is 230 g/mol. The van der Waals surface area contributed by atoms with Crippen LogP contribution in [0, 0.1) is 5.92 Å². The van der Waals surface area contributed by atoms with Gasteiger partial charge in [-0.15, -0.1) is 0 Å². The number of carbonyl (C=O) groups excluding carboxylic acids is 1. The average Bonchev–Trinajstić information content (AvgIpc) is 2.29. The number of ether oxygens (including phenoxy) is 1. The number of sulfonamides is 1. The van der Waals surface area contributed by atoms with Gasteiger partial charge >= 0.3 is 0 Å². The van der Waals surface area contributed by atoms with E-state index in [-0.39, 0.29) is 11.7 Å². The van der Waals surface area contributed by atoms with E-state index >= 15 is 0 Å². The molecule has 0 unspecified atom stereocenters. The van der Waals surface area contributed by atoms with Gasteiger partial charge in [-0.2, -0.15) is 0 Å². The molecule has 0 amide bonds. The van der Waals surface area contributed by atoms with Crippen LogP contribution in [0.5, 0.6) is 0 Å². The number of hydrogen-bond donors (Lipinski definition) is 0. The molecular formula is C10H19NO4S. The zero-order valence-corrected chi connectivity index (χ0v) is 10.4. The first-order valence-electron chi connectivity index (χ1n) is 5.52. The molecule has 0 aromatic carbocycles. The molecule has 0 aromatic heterocycles. The van der Waals surface area contributed by atoms with Crippen molar-refractivity contribution in [1.29, 1.82) is 0 Å². The summed E-state index contributed by atoms with van der Waals surface area (Å²) in [6.07, 6.45) is 2.74. The Balaban J connectivity index is 2.42. The topological polar surface area (TPSA) is 63.7 Å². The Morgan fingerprint density at radius 2 is 2.00 bits per heavy atom. The number of piperidine rings is 1. The van der Waals surface area contributed by atoms with Gasteiger partial charge in [-0.1, -0.05) is 0 Å². The third-order valence-electron chi connectivity index (χ3n) is 2.84. The Hall–Kier alpha value is -0.460. The fourth-order valence-corrected chi connectivity index (χ4v) is 3.31. The number of methoxy groups -OCH3 is 1. The fraction of sp³-hybridized carbons (Fsp3) is 0.900. The van der Waals surface area contributed by atoms with Crippen molar-refractivity contribution < 1.29 is 17.9 Å². The van der Waals surface area contributed by atoms with E-state index in [0.29, 0.717) is 39.0 Å². The summed E-state index contributed by atoms with van der Waals surface area (Å²) < 4.78 is 30.0. The first-order valence-corrected chi connectivity index (χ1v) is 7.13. The summed E-state index contributed by atoms with van der Waals surface area (Å²) in [5, 5.41) is 0. The van der Waals surface area contributed by atoms with Crippen molar-refractivity contribution in [2.75, 3.05) is 32.6 Å². The Labute approximate surface area is 96.8 Å². The number of rotatable bonds is 6. The Morgan fingerprint density at radius 1 is 1.38 bits per heavy atom. The number of carbonyl (C=O) groups is 1. The molecule has 1 aliphatic rings.